The Labute approximate surface area is 461 Å². The van der Waals surface area contributed by atoms with Gasteiger partial charge in [-0.05, 0) is 96.3 Å². The van der Waals surface area contributed by atoms with E-state index in [1.54, 1.807) is 0 Å². The van der Waals surface area contributed by atoms with Crippen LogP contribution in [0.25, 0.3) is 0 Å². The Balaban J connectivity index is 3.95. The molecule has 0 aromatic rings. The van der Waals surface area contributed by atoms with Crippen molar-refractivity contribution in [3.63, 3.8) is 0 Å². The zero-order valence-corrected chi connectivity index (χ0v) is 49.2. The molecule has 0 aromatic carbocycles. The fourth-order valence-corrected chi connectivity index (χ4v) is 9.20. The Hall–Kier alpha value is -3.07. The first-order valence-electron chi connectivity index (χ1n) is 30.7. The minimum atomic E-state index is -4.40. The third-order valence-electron chi connectivity index (χ3n) is 13.0. The standard InChI is InChI=1S/C65H114NO8P/c1-3-5-7-9-11-13-15-17-19-21-23-25-27-28-29-30-31-32-33-34-36-37-39-41-43-45-47-49-51-53-55-57-64(67)71-61-63(62-73-75(69,70)72-60-59-66)74-65(68)58-56-54-52-50-48-46-44-42-40-38-35-26-24-22-20-18-16-14-12-10-8-6-4-2/h6,8,12,14-15,17-18,20-21,23-24,26-28,38,40,63H,3-5,7,9-11,13,16,19,22,25,29-37,39,41-62,66H2,1-2H3,(H,69,70)/b8-6-,14-12-,17-15-,20-18-,23-21-,26-24-,28-27-,40-38-. The molecule has 0 amide bonds. The summed E-state index contributed by atoms with van der Waals surface area (Å²) >= 11 is 0. The van der Waals surface area contributed by atoms with Gasteiger partial charge in [0.1, 0.15) is 6.61 Å². The predicted molar refractivity (Wildman–Crippen MR) is 321 cm³/mol. The summed E-state index contributed by atoms with van der Waals surface area (Å²) in [5.41, 5.74) is 5.39. The molecule has 75 heavy (non-hydrogen) atoms. The highest BCUT2D eigenvalue weighted by molar-refractivity contribution is 7.47. The first kappa shape index (κ1) is 71.9. The van der Waals surface area contributed by atoms with Gasteiger partial charge in [0.15, 0.2) is 6.10 Å². The molecule has 2 atom stereocenters. The topological polar surface area (TPSA) is 134 Å². The zero-order chi connectivity index (χ0) is 54.5. The quantitative estimate of drug-likeness (QED) is 0.0264. The van der Waals surface area contributed by atoms with Crippen LogP contribution >= 0.6 is 7.82 Å². The van der Waals surface area contributed by atoms with Crippen molar-refractivity contribution in [2.75, 3.05) is 26.4 Å². The number of phosphoric ester groups is 1. The number of carbonyl (C=O) groups is 2. The van der Waals surface area contributed by atoms with E-state index in [0.29, 0.717) is 6.42 Å². The number of esters is 2. The van der Waals surface area contributed by atoms with Crippen LogP contribution in [-0.4, -0.2) is 49.3 Å². The molecule has 432 valence electrons. The van der Waals surface area contributed by atoms with Gasteiger partial charge in [-0.2, -0.15) is 0 Å². The molecule has 0 aliphatic heterocycles. The average molecular weight is 1070 g/mol. The molecule has 0 radical (unpaired) electrons. The molecule has 0 aliphatic rings. The Bertz CT molecular complexity index is 1550. The average Bonchev–Trinajstić information content (AvgIpc) is 3.40. The summed E-state index contributed by atoms with van der Waals surface area (Å²) in [6.07, 6.45) is 80.4. The van der Waals surface area contributed by atoms with Gasteiger partial charge in [0, 0.05) is 19.4 Å². The number of allylic oxidation sites excluding steroid dienone is 16. The lowest BCUT2D eigenvalue weighted by molar-refractivity contribution is -0.161. The highest BCUT2D eigenvalue weighted by Crippen LogP contribution is 2.43. The second-order valence-corrected chi connectivity index (χ2v) is 21.6. The highest BCUT2D eigenvalue weighted by atomic mass is 31.2. The van der Waals surface area contributed by atoms with E-state index in [0.717, 1.165) is 89.9 Å². The molecule has 0 aliphatic carbocycles. The van der Waals surface area contributed by atoms with Crippen molar-refractivity contribution in [3.05, 3.63) is 97.2 Å². The number of unbranched alkanes of at least 4 members (excludes halogenated alkanes) is 28. The zero-order valence-electron chi connectivity index (χ0n) is 48.3. The predicted octanol–water partition coefficient (Wildman–Crippen LogP) is 19.6. The molecule has 9 nitrogen and oxygen atoms in total. The van der Waals surface area contributed by atoms with E-state index in [-0.39, 0.29) is 38.6 Å². The van der Waals surface area contributed by atoms with Gasteiger partial charge in [-0.3, -0.25) is 18.6 Å². The largest absolute Gasteiger partial charge is 0.472 e. The molecule has 2 unspecified atom stereocenters. The van der Waals surface area contributed by atoms with E-state index in [2.05, 4.69) is 111 Å². The molecule has 0 saturated heterocycles. The van der Waals surface area contributed by atoms with Crippen LogP contribution in [0.2, 0.25) is 0 Å². The van der Waals surface area contributed by atoms with Crippen molar-refractivity contribution in [3.8, 4) is 0 Å². The Morgan fingerprint density at radius 1 is 0.413 bits per heavy atom. The van der Waals surface area contributed by atoms with Crippen molar-refractivity contribution in [2.45, 2.75) is 277 Å². The van der Waals surface area contributed by atoms with Crippen LogP contribution < -0.4 is 5.73 Å². The van der Waals surface area contributed by atoms with E-state index in [1.165, 1.54) is 148 Å². The van der Waals surface area contributed by atoms with Gasteiger partial charge in [0.25, 0.3) is 0 Å². The van der Waals surface area contributed by atoms with Gasteiger partial charge in [-0.25, -0.2) is 4.57 Å². The monoisotopic (exact) mass is 1070 g/mol. The minimum Gasteiger partial charge on any atom is -0.462 e. The fourth-order valence-electron chi connectivity index (χ4n) is 8.44. The summed E-state index contributed by atoms with van der Waals surface area (Å²) in [6.45, 7) is 3.62. The maximum atomic E-state index is 12.7. The number of nitrogens with two attached hydrogens (primary N) is 1. The van der Waals surface area contributed by atoms with E-state index in [1.807, 2.05) is 0 Å². The minimum absolute atomic E-state index is 0.0475. The molecule has 0 fully saturated rings. The number of ether oxygens (including phenoxy) is 2. The van der Waals surface area contributed by atoms with Gasteiger partial charge in [-0.1, -0.05) is 259 Å². The third-order valence-corrected chi connectivity index (χ3v) is 13.9. The smallest absolute Gasteiger partial charge is 0.462 e. The SMILES string of the molecule is CC/C=C\C/C=C\C/C=C\C/C=C\C/C=C\CCCCCCCCCC(=O)OC(COC(=O)CCCCCCCCCCCCCCCCCC/C=C\C/C=C\C/C=C\CCCCCCC)COP(=O)(O)OCCN. The molecular weight excluding hydrogens is 954 g/mol. The number of hydrogen-bond acceptors (Lipinski definition) is 8. The van der Waals surface area contributed by atoms with Gasteiger partial charge < -0.3 is 20.1 Å². The molecule has 0 spiro atoms. The van der Waals surface area contributed by atoms with Crippen molar-refractivity contribution in [1.82, 2.24) is 0 Å². The van der Waals surface area contributed by atoms with Gasteiger partial charge in [0.05, 0.1) is 13.2 Å². The molecule has 0 heterocycles. The molecule has 10 heteroatoms. The summed E-state index contributed by atoms with van der Waals surface area (Å²) < 4.78 is 33.1. The lowest BCUT2D eigenvalue weighted by Crippen LogP contribution is -2.29. The summed E-state index contributed by atoms with van der Waals surface area (Å²) in [6, 6.07) is 0. The summed E-state index contributed by atoms with van der Waals surface area (Å²) in [4.78, 5) is 35.2. The van der Waals surface area contributed by atoms with E-state index in [9.17, 15) is 19.0 Å². The first-order chi connectivity index (χ1) is 36.8. The van der Waals surface area contributed by atoms with Crippen LogP contribution in [0, 0.1) is 0 Å². The second-order valence-electron chi connectivity index (χ2n) is 20.2. The normalized spacial score (nSPS) is 13.7. The summed E-state index contributed by atoms with van der Waals surface area (Å²) in [7, 11) is -4.40. The lowest BCUT2D eigenvalue weighted by atomic mass is 10.0. The molecule has 0 saturated carbocycles. The fraction of sp³-hybridized carbons (Fsp3) is 0.723. The van der Waals surface area contributed by atoms with Crippen LogP contribution in [0.5, 0.6) is 0 Å². The van der Waals surface area contributed by atoms with Gasteiger partial charge in [-0.15, -0.1) is 0 Å². The van der Waals surface area contributed by atoms with Gasteiger partial charge >= 0.3 is 19.8 Å². The van der Waals surface area contributed by atoms with E-state index in [4.69, 9.17) is 24.3 Å². The van der Waals surface area contributed by atoms with Gasteiger partial charge in [0.2, 0.25) is 0 Å². The molecule has 0 bridgehead atoms. The van der Waals surface area contributed by atoms with Crippen LogP contribution in [0.1, 0.15) is 271 Å². The molecular formula is C65H114NO8P. The summed E-state index contributed by atoms with van der Waals surface area (Å²) in [5.74, 6) is -0.839. The van der Waals surface area contributed by atoms with E-state index < -0.39 is 26.5 Å². The number of phosphoric acid groups is 1. The third kappa shape index (κ3) is 60.0. The lowest BCUT2D eigenvalue weighted by Gasteiger charge is -2.19. The Kier molecular flexibility index (Phi) is 57.7. The molecule has 3 N–H and O–H groups in total. The van der Waals surface area contributed by atoms with Crippen LogP contribution in [0.3, 0.4) is 0 Å². The Morgan fingerprint density at radius 2 is 0.733 bits per heavy atom. The van der Waals surface area contributed by atoms with Crippen molar-refractivity contribution in [1.29, 1.82) is 0 Å². The van der Waals surface area contributed by atoms with Crippen LogP contribution in [-0.2, 0) is 32.7 Å². The molecule has 0 rings (SSSR count). The first-order valence-corrected chi connectivity index (χ1v) is 32.2. The Morgan fingerprint density at radius 3 is 1.09 bits per heavy atom. The number of rotatable bonds is 57. The number of hydrogen-bond donors (Lipinski definition) is 2. The van der Waals surface area contributed by atoms with E-state index >= 15 is 0 Å². The van der Waals surface area contributed by atoms with Crippen molar-refractivity contribution in [2.24, 2.45) is 5.73 Å². The van der Waals surface area contributed by atoms with Crippen molar-refractivity contribution >= 4 is 19.8 Å². The highest BCUT2D eigenvalue weighted by Gasteiger charge is 2.26. The van der Waals surface area contributed by atoms with Crippen LogP contribution in [0.4, 0.5) is 0 Å². The summed E-state index contributed by atoms with van der Waals surface area (Å²) in [5, 5.41) is 0. The second kappa shape index (κ2) is 60.2. The van der Waals surface area contributed by atoms with Crippen molar-refractivity contribution < 1.29 is 37.6 Å². The maximum absolute atomic E-state index is 12.7. The molecule has 0 aromatic heterocycles. The number of carbonyl (C=O) groups excluding carboxylic acids is 2. The maximum Gasteiger partial charge on any atom is 0.472 e. The van der Waals surface area contributed by atoms with Crippen LogP contribution in [0.15, 0.2) is 97.2 Å².